The molecule has 0 bridgehead atoms. The summed E-state index contributed by atoms with van der Waals surface area (Å²) < 4.78 is 7.75. The zero-order valence-corrected chi connectivity index (χ0v) is 15.0. The zero-order chi connectivity index (χ0) is 19.7. The number of carbonyl (C=O) groups is 1. The third-order valence-electron chi connectivity index (χ3n) is 4.55. The van der Waals surface area contributed by atoms with Gasteiger partial charge in [0.05, 0.1) is 17.2 Å². The number of amides is 1. The number of nitrogens with one attached hydrogen (secondary N) is 1. The molecule has 3 heterocycles. The number of para-hydroxylation sites is 1. The molecule has 0 aliphatic rings. The topological polar surface area (TPSA) is 112 Å². The van der Waals surface area contributed by atoms with E-state index in [1.165, 1.54) is 15.5 Å². The lowest BCUT2D eigenvalue weighted by molar-refractivity contribution is -0.123. The van der Waals surface area contributed by atoms with Crippen molar-refractivity contribution >= 4 is 28.0 Å². The lowest BCUT2D eigenvalue weighted by atomic mass is 10.2. The number of benzene rings is 1. The highest BCUT2D eigenvalue weighted by Gasteiger charge is 2.18. The molecule has 1 amide bonds. The third kappa shape index (κ3) is 3.07. The number of aromatic nitrogens is 4. The molecule has 1 unspecified atom stereocenters. The van der Waals surface area contributed by atoms with Crippen molar-refractivity contribution in [3.63, 3.8) is 0 Å². The van der Waals surface area contributed by atoms with Crippen LogP contribution in [0, 0.1) is 0 Å². The first-order valence-electron chi connectivity index (χ1n) is 8.74. The largest absolute Gasteiger partial charge is 0.421 e. The van der Waals surface area contributed by atoms with Gasteiger partial charge in [0.2, 0.25) is 5.91 Å². The van der Waals surface area contributed by atoms with Gasteiger partial charge >= 0.3 is 5.76 Å². The van der Waals surface area contributed by atoms with Crippen molar-refractivity contribution in [2.75, 3.05) is 6.54 Å². The molecule has 4 aromatic rings. The van der Waals surface area contributed by atoms with Crippen molar-refractivity contribution in [3.05, 3.63) is 69.8 Å². The Morgan fingerprint density at radius 1 is 1.18 bits per heavy atom. The number of pyridine rings is 1. The van der Waals surface area contributed by atoms with E-state index in [1.54, 1.807) is 49.5 Å². The van der Waals surface area contributed by atoms with Crippen LogP contribution in [-0.4, -0.2) is 31.6 Å². The maximum absolute atomic E-state index is 12.6. The fraction of sp³-hybridized carbons (Fsp3) is 0.211. The number of hydrogen-bond donors (Lipinski definition) is 1. The first kappa shape index (κ1) is 17.7. The molecular weight excluding hydrogens is 362 g/mol. The Hall–Kier alpha value is -3.75. The predicted molar refractivity (Wildman–Crippen MR) is 102 cm³/mol. The number of rotatable bonds is 5. The molecule has 3 aromatic heterocycles. The van der Waals surface area contributed by atoms with Gasteiger partial charge in [0.1, 0.15) is 6.04 Å². The van der Waals surface area contributed by atoms with Crippen LogP contribution in [0.1, 0.15) is 13.0 Å². The smallest absolute Gasteiger partial charge is 0.406 e. The van der Waals surface area contributed by atoms with Gasteiger partial charge in [-0.1, -0.05) is 12.1 Å². The standard InChI is InChI=1S/C19H17N5O4/c1-12(24-11-22-14-6-3-2-5-13(14)18(24)26)17(25)21-9-10-23-16-15(28-19(23)27)7-4-8-20-16/h2-8,11-12H,9-10H2,1H3,(H,21,25). The van der Waals surface area contributed by atoms with E-state index in [0.29, 0.717) is 22.1 Å². The molecule has 0 spiro atoms. The fourth-order valence-electron chi connectivity index (χ4n) is 3.02. The summed E-state index contributed by atoms with van der Waals surface area (Å²) in [5.41, 5.74) is 1.11. The number of fused-ring (bicyclic) bond motifs is 2. The molecule has 0 fully saturated rings. The second-order valence-corrected chi connectivity index (χ2v) is 6.29. The first-order chi connectivity index (χ1) is 13.6. The highest BCUT2D eigenvalue weighted by molar-refractivity contribution is 5.81. The monoisotopic (exact) mass is 379 g/mol. The van der Waals surface area contributed by atoms with E-state index >= 15 is 0 Å². The van der Waals surface area contributed by atoms with Crippen molar-refractivity contribution in [1.29, 1.82) is 0 Å². The Kier molecular flexibility index (Phi) is 4.48. The minimum atomic E-state index is -0.749. The van der Waals surface area contributed by atoms with E-state index in [-0.39, 0.29) is 24.6 Å². The van der Waals surface area contributed by atoms with E-state index in [4.69, 9.17) is 4.42 Å². The summed E-state index contributed by atoms with van der Waals surface area (Å²) >= 11 is 0. The van der Waals surface area contributed by atoms with Gasteiger partial charge in [-0.25, -0.2) is 14.8 Å². The third-order valence-corrected chi connectivity index (χ3v) is 4.55. The Morgan fingerprint density at radius 2 is 2.00 bits per heavy atom. The minimum Gasteiger partial charge on any atom is -0.406 e. The minimum absolute atomic E-state index is 0.185. The van der Waals surface area contributed by atoms with Crippen LogP contribution in [0.25, 0.3) is 22.1 Å². The summed E-state index contributed by atoms with van der Waals surface area (Å²) in [6, 6.07) is 9.55. The summed E-state index contributed by atoms with van der Waals surface area (Å²) in [6.45, 7) is 2.00. The second kappa shape index (κ2) is 7.10. The van der Waals surface area contributed by atoms with Gasteiger partial charge in [-0.3, -0.25) is 18.7 Å². The van der Waals surface area contributed by atoms with Crippen molar-refractivity contribution in [2.24, 2.45) is 0 Å². The molecule has 0 aliphatic heterocycles. The predicted octanol–water partition coefficient (Wildman–Crippen LogP) is 1.08. The van der Waals surface area contributed by atoms with E-state index in [0.717, 1.165) is 0 Å². The molecular formula is C19H17N5O4. The first-order valence-corrected chi connectivity index (χ1v) is 8.74. The molecule has 1 atom stereocenters. The molecule has 1 N–H and O–H groups in total. The zero-order valence-electron chi connectivity index (χ0n) is 15.0. The Bertz CT molecular complexity index is 1290. The molecule has 0 saturated heterocycles. The highest BCUT2D eigenvalue weighted by atomic mass is 16.4. The maximum atomic E-state index is 12.6. The molecule has 0 aliphatic carbocycles. The van der Waals surface area contributed by atoms with Gasteiger partial charge in [-0.15, -0.1) is 0 Å². The van der Waals surface area contributed by atoms with E-state index in [1.807, 2.05) is 0 Å². The van der Waals surface area contributed by atoms with Crippen molar-refractivity contribution < 1.29 is 9.21 Å². The summed E-state index contributed by atoms with van der Waals surface area (Å²) in [4.78, 5) is 45.4. The van der Waals surface area contributed by atoms with Gasteiger partial charge in [0.25, 0.3) is 5.56 Å². The average Bonchev–Trinajstić information content (AvgIpc) is 3.03. The summed E-state index contributed by atoms with van der Waals surface area (Å²) in [5.74, 6) is -0.890. The number of carbonyl (C=O) groups excluding carboxylic acids is 1. The van der Waals surface area contributed by atoms with Crippen LogP contribution in [0.2, 0.25) is 0 Å². The Morgan fingerprint density at radius 3 is 2.86 bits per heavy atom. The van der Waals surface area contributed by atoms with Crippen LogP contribution in [-0.2, 0) is 11.3 Å². The van der Waals surface area contributed by atoms with Crippen LogP contribution in [0.15, 0.2) is 62.9 Å². The summed E-state index contributed by atoms with van der Waals surface area (Å²) in [7, 11) is 0. The maximum Gasteiger partial charge on any atom is 0.421 e. The number of nitrogens with zero attached hydrogens (tertiary/aromatic N) is 4. The quantitative estimate of drug-likeness (QED) is 0.555. The van der Waals surface area contributed by atoms with Gasteiger partial charge < -0.3 is 9.73 Å². The van der Waals surface area contributed by atoms with Gasteiger partial charge in [-0.2, -0.15) is 0 Å². The van der Waals surface area contributed by atoms with Crippen molar-refractivity contribution in [3.8, 4) is 0 Å². The molecule has 9 nitrogen and oxygen atoms in total. The van der Waals surface area contributed by atoms with Crippen LogP contribution in [0.4, 0.5) is 0 Å². The van der Waals surface area contributed by atoms with E-state index in [2.05, 4.69) is 15.3 Å². The van der Waals surface area contributed by atoms with Gasteiger partial charge in [-0.05, 0) is 31.2 Å². The fourth-order valence-corrected chi connectivity index (χ4v) is 3.02. The van der Waals surface area contributed by atoms with Crippen LogP contribution < -0.4 is 16.6 Å². The number of oxazole rings is 1. The van der Waals surface area contributed by atoms with Gasteiger partial charge in [0, 0.05) is 19.3 Å². The van der Waals surface area contributed by atoms with Gasteiger partial charge in [0.15, 0.2) is 11.2 Å². The summed E-state index contributed by atoms with van der Waals surface area (Å²) in [5, 5.41) is 3.18. The highest BCUT2D eigenvalue weighted by Crippen LogP contribution is 2.09. The molecule has 1 aromatic carbocycles. The summed E-state index contributed by atoms with van der Waals surface area (Å²) in [6.07, 6.45) is 2.93. The molecule has 9 heteroatoms. The van der Waals surface area contributed by atoms with Crippen molar-refractivity contribution in [2.45, 2.75) is 19.5 Å². The van der Waals surface area contributed by atoms with Crippen molar-refractivity contribution in [1.82, 2.24) is 24.4 Å². The van der Waals surface area contributed by atoms with Crippen LogP contribution >= 0.6 is 0 Å². The lowest BCUT2D eigenvalue weighted by Crippen LogP contribution is -2.37. The Labute approximate surface area is 158 Å². The molecule has 0 saturated carbocycles. The lowest BCUT2D eigenvalue weighted by Gasteiger charge is -2.15. The average molecular weight is 379 g/mol. The molecule has 142 valence electrons. The van der Waals surface area contributed by atoms with E-state index in [9.17, 15) is 14.4 Å². The van der Waals surface area contributed by atoms with Crippen LogP contribution in [0.3, 0.4) is 0 Å². The molecule has 4 rings (SSSR count). The normalized spacial score (nSPS) is 12.3. The molecule has 0 radical (unpaired) electrons. The molecule has 28 heavy (non-hydrogen) atoms. The SMILES string of the molecule is CC(C(=O)NCCn1c(=O)oc2cccnc21)n1cnc2ccccc2c1=O. The van der Waals surface area contributed by atoms with E-state index < -0.39 is 11.8 Å². The Balaban J connectivity index is 1.48. The number of hydrogen-bond acceptors (Lipinski definition) is 6. The van der Waals surface area contributed by atoms with Crippen LogP contribution in [0.5, 0.6) is 0 Å². The second-order valence-electron chi connectivity index (χ2n) is 6.29.